The maximum absolute atomic E-state index is 7.23. The summed E-state index contributed by atoms with van der Waals surface area (Å²) in [6, 6.07) is 1.19. The van der Waals surface area contributed by atoms with Crippen molar-refractivity contribution in [2.75, 3.05) is 0 Å². The van der Waals surface area contributed by atoms with Gasteiger partial charge in [-0.15, -0.1) is 0 Å². The van der Waals surface area contributed by atoms with Crippen molar-refractivity contribution in [3.8, 4) is 0 Å². The number of ether oxygens (including phenoxy) is 1. The molecule has 4 unspecified atom stereocenters. The van der Waals surface area contributed by atoms with Gasteiger partial charge in [-0.3, -0.25) is 0 Å². The lowest BCUT2D eigenvalue weighted by molar-refractivity contribution is 0.271. The van der Waals surface area contributed by atoms with Crippen molar-refractivity contribution in [3.63, 3.8) is 0 Å². The predicted molar refractivity (Wildman–Crippen MR) is 70.3 cm³/mol. The van der Waals surface area contributed by atoms with Gasteiger partial charge in [0, 0.05) is 1.23 Å². The molecule has 1 heterocycles. The molecular formula is C12H24O2Si2. The first-order valence-electron chi connectivity index (χ1n) is 6.89. The van der Waals surface area contributed by atoms with Gasteiger partial charge in [0.25, 0.3) is 0 Å². The molecule has 2 nitrogen and oxygen atoms in total. The van der Waals surface area contributed by atoms with Crippen molar-refractivity contribution in [3.05, 3.63) is 0 Å². The van der Waals surface area contributed by atoms with Gasteiger partial charge in [0.15, 0.2) is 18.7 Å². The Kier molecular flexibility index (Phi) is 3.02. The van der Waals surface area contributed by atoms with Gasteiger partial charge in [-0.2, -0.15) is 0 Å². The van der Waals surface area contributed by atoms with E-state index in [1.54, 1.807) is 0 Å². The molecule has 0 aromatic rings. The van der Waals surface area contributed by atoms with Gasteiger partial charge < -0.3 is 8.85 Å². The zero-order chi connectivity index (χ0) is 12.7. The van der Waals surface area contributed by atoms with Gasteiger partial charge in [-0.05, 0) is 57.2 Å². The van der Waals surface area contributed by atoms with Crippen molar-refractivity contribution in [2.24, 2.45) is 11.8 Å². The molecular weight excluding hydrogens is 232 g/mol. The molecule has 2 fully saturated rings. The molecule has 0 spiro atoms. The van der Waals surface area contributed by atoms with E-state index in [0.29, 0.717) is 6.10 Å². The number of epoxide rings is 1. The Balaban J connectivity index is 1.82. The van der Waals surface area contributed by atoms with Gasteiger partial charge in [0.2, 0.25) is 0 Å². The van der Waals surface area contributed by atoms with E-state index in [2.05, 4.69) is 26.9 Å². The quantitative estimate of drug-likeness (QED) is 0.558. The summed E-state index contributed by atoms with van der Waals surface area (Å²) < 4.78 is 18.7. The molecule has 0 bridgehead atoms. The van der Waals surface area contributed by atoms with E-state index in [-0.39, 0.29) is 16.0 Å². The van der Waals surface area contributed by atoms with Gasteiger partial charge in [-0.25, -0.2) is 0 Å². The molecule has 2 radical (unpaired) electrons. The Morgan fingerprint density at radius 1 is 1.69 bits per heavy atom. The normalized spacial score (nSPS) is 41.1. The Bertz CT molecular complexity index is 288. The van der Waals surface area contributed by atoms with E-state index in [9.17, 15) is 0 Å². The van der Waals surface area contributed by atoms with Crippen LogP contribution in [0.4, 0.5) is 0 Å². The first kappa shape index (κ1) is 11.4. The standard InChI is InChI=1S/C12H24O2Si2/c1-9(8-16(3,4)14-15)10-5-6-12(2)11(7-10)13-12/h9-11,15H,5-8H2,1-4H3/i15D. The maximum atomic E-state index is 7.23. The minimum atomic E-state index is -1.59. The SMILES string of the molecule is [2H][Si]O[Si](C)(C)CC(C)C1CCC2(C)OC2C1. The summed E-state index contributed by atoms with van der Waals surface area (Å²) in [5.74, 6) is 1.53. The number of hydrogen-bond donors (Lipinski definition) is 0. The molecule has 0 aromatic carbocycles. The number of rotatable bonds is 5. The highest BCUT2D eigenvalue weighted by molar-refractivity contribution is 6.73. The maximum Gasteiger partial charge on any atom is 0.191 e. The molecule has 1 aliphatic carbocycles. The van der Waals surface area contributed by atoms with E-state index in [1.807, 2.05) is 0 Å². The average molecular weight is 258 g/mol. The third-order valence-electron chi connectivity index (χ3n) is 4.46. The minimum absolute atomic E-state index is 0.0969. The van der Waals surface area contributed by atoms with Crippen LogP contribution >= 0.6 is 0 Å². The van der Waals surface area contributed by atoms with Gasteiger partial charge >= 0.3 is 0 Å². The lowest BCUT2D eigenvalue weighted by Crippen LogP contribution is -2.35. The van der Waals surface area contributed by atoms with E-state index in [1.165, 1.54) is 25.3 Å². The molecule has 2 rings (SSSR count). The third kappa shape index (κ3) is 2.60. The lowest BCUT2D eigenvalue weighted by Gasteiger charge is -2.32. The molecule has 4 atom stereocenters. The van der Waals surface area contributed by atoms with Crippen molar-refractivity contribution in [1.82, 2.24) is 0 Å². The summed E-state index contributed by atoms with van der Waals surface area (Å²) in [5, 5.41) is 0. The van der Waals surface area contributed by atoms with Gasteiger partial charge in [-0.1, -0.05) is 6.92 Å². The summed E-state index contributed by atoms with van der Waals surface area (Å²) in [6.45, 7) is 9.10. The summed E-state index contributed by atoms with van der Waals surface area (Å²) in [6.07, 6.45) is 4.32. The van der Waals surface area contributed by atoms with Crippen molar-refractivity contribution in [2.45, 2.75) is 64.0 Å². The van der Waals surface area contributed by atoms with Crippen LogP contribution in [0.3, 0.4) is 0 Å². The molecule has 0 aromatic heterocycles. The predicted octanol–water partition coefficient (Wildman–Crippen LogP) is 2.62. The zero-order valence-electron chi connectivity index (χ0n) is 11.9. The monoisotopic (exact) mass is 257 g/mol. The van der Waals surface area contributed by atoms with E-state index in [4.69, 9.17) is 10.1 Å². The number of hydrogen-bond acceptors (Lipinski definition) is 2. The van der Waals surface area contributed by atoms with E-state index in [0.717, 1.165) is 11.8 Å². The van der Waals surface area contributed by atoms with Crippen LogP contribution in [-0.2, 0) is 8.85 Å². The summed E-state index contributed by atoms with van der Waals surface area (Å²) >= 11 is 0. The topological polar surface area (TPSA) is 21.8 Å². The lowest BCUT2D eigenvalue weighted by atomic mass is 9.77. The van der Waals surface area contributed by atoms with Gasteiger partial charge in [0.05, 0.1) is 11.7 Å². The van der Waals surface area contributed by atoms with Crippen molar-refractivity contribution < 1.29 is 8.85 Å². The molecule has 2 aliphatic rings. The third-order valence-corrected chi connectivity index (χ3v) is 8.30. The van der Waals surface area contributed by atoms with Crippen LogP contribution in [0.5, 0.6) is 0 Å². The fourth-order valence-electron chi connectivity index (χ4n) is 3.17. The summed E-state index contributed by atoms with van der Waals surface area (Å²) in [4.78, 5) is 0. The Hall–Kier alpha value is 0.354. The van der Waals surface area contributed by atoms with Crippen LogP contribution in [0.1, 0.15) is 33.1 Å². The van der Waals surface area contributed by atoms with Crippen LogP contribution in [-0.4, -0.2) is 31.7 Å². The largest absolute Gasteiger partial charge is 0.459 e. The molecule has 0 N–H and O–H groups in total. The Labute approximate surface area is 105 Å². The summed E-state index contributed by atoms with van der Waals surface area (Å²) in [5.41, 5.74) is 0.238. The fraction of sp³-hybridized carbons (Fsp3) is 1.00. The highest BCUT2D eigenvalue weighted by Crippen LogP contribution is 2.51. The highest BCUT2D eigenvalue weighted by atomic mass is 28.4. The summed E-state index contributed by atoms with van der Waals surface area (Å²) in [7, 11) is -1.69. The molecule has 92 valence electrons. The average Bonchev–Trinajstić information content (AvgIpc) is 2.87. The zero-order valence-corrected chi connectivity index (χ0v) is 12.9. The fourth-order valence-corrected chi connectivity index (χ4v) is 5.39. The molecule has 16 heavy (non-hydrogen) atoms. The molecule has 0 amide bonds. The minimum Gasteiger partial charge on any atom is -0.459 e. The second-order valence-electron chi connectivity index (χ2n) is 6.50. The van der Waals surface area contributed by atoms with Gasteiger partial charge in [0.1, 0.15) is 0 Å². The van der Waals surface area contributed by atoms with Crippen molar-refractivity contribution >= 4 is 18.7 Å². The Morgan fingerprint density at radius 3 is 3.06 bits per heavy atom. The van der Waals surface area contributed by atoms with Crippen molar-refractivity contribution in [1.29, 1.82) is 1.23 Å². The van der Waals surface area contributed by atoms with Crippen LogP contribution in [0.25, 0.3) is 0 Å². The smallest absolute Gasteiger partial charge is 0.191 e. The second kappa shape index (κ2) is 4.23. The molecule has 1 saturated carbocycles. The molecule has 1 aliphatic heterocycles. The number of fused-ring (bicyclic) bond motifs is 1. The van der Waals surface area contributed by atoms with Crippen LogP contribution in [0, 0.1) is 11.8 Å². The first-order chi connectivity index (χ1) is 7.86. The van der Waals surface area contributed by atoms with Crippen LogP contribution in [0.15, 0.2) is 0 Å². The Morgan fingerprint density at radius 2 is 2.44 bits per heavy atom. The highest BCUT2D eigenvalue weighted by Gasteiger charge is 2.55. The van der Waals surface area contributed by atoms with Crippen LogP contribution in [0.2, 0.25) is 19.1 Å². The second-order valence-corrected chi connectivity index (χ2v) is 11.2. The molecule has 1 saturated heterocycles. The van der Waals surface area contributed by atoms with Crippen LogP contribution < -0.4 is 0 Å². The van der Waals surface area contributed by atoms with E-state index < -0.39 is 8.32 Å². The molecule has 4 heteroatoms. The van der Waals surface area contributed by atoms with E-state index >= 15 is 0 Å². The first-order valence-corrected chi connectivity index (χ1v) is 9.91.